The summed E-state index contributed by atoms with van der Waals surface area (Å²) in [5, 5.41) is 0. The van der Waals surface area contributed by atoms with Gasteiger partial charge in [0, 0.05) is 95.0 Å². The number of carbonyl (C=O) groups excluding carboxylic acids is 2. The van der Waals surface area contributed by atoms with Crippen molar-refractivity contribution in [2.24, 2.45) is 11.7 Å². The van der Waals surface area contributed by atoms with Gasteiger partial charge in [-0.15, -0.1) is 0 Å². The molecule has 0 bridgehead atoms. The Morgan fingerprint density at radius 2 is 1.46 bits per heavy atom. The number of ether oxygens (including phenoxy) is 1. The van der Waals surface area contributed by atoms with Crippen molar-refractivity contribution in [1.29, 1.82) is 0 Å². The van der Waals surface area contributed by atoms with Crippen LogP contribution in [0.2, 0.25) is 0 Å². The molecule has 3 aliphatic heterocycles. The maximum atomic E-state index is 12.0. The molecule has 9 nitrogen and oxygen atoms in total. The summed E-state index contributed by atoms with van der Waals surface area (Å²) < 4.78 is 6.40. The molecule has 3 saturated heterocycles. The van der Waals surface area contributed by atoms with Crippen LogP contribution in [0.25, 0.3) is 0 Å². The van der Waals surface area contributed by atoms with Crippen LogP contribution in [0.4, 0.5) is 0 Å². The van der Waals surface area contributed by atoms with Crippen molar-refractivity contribution < 1.29 is 14.3 Å². The first-order chi connectivity index (χ1) is 18.0. The zero-order chi connectivity index (χ0) is 29.2. The van der Waals surface area contributed by atoms with Gasteiger partial charge in [-0.1, -0.05) is 0 Å². The average Bonchev–Trinajstić information content (AvgIpc) is 2.82. The zero-order valence-electron chi connectivity index (χ0n) is 26.5. The average molecular weight is 551 g/mol. The molecule has 3 unspecified atom stereocenters. The number of piperazine rings is 2. The van der Waals surface area contributed by atoms with Gasteiger partial charge in [-0.2, -0.15) is 0 Å². The largest absolute Gasteiger partial charge is 0.376 e. The van der Waals surface area contributed by atoms with Crippen LogP contribution in [-0.2, 0) is 14.3 Å². The fraction of sp³-hybridized carbons (Fsp3) is 0.933. The molecule has 0 spiro atoms. The smallest absolute Gasteiger partial charge is 0.221 e. The molecule has 0 aliphatic carbocycles. The van der Waals surface area contributed by atoms with Gasteiger partial charge < -0.3 is 15.4 Å². The van der Waals surface area contributed by atoms with Crippen molar-refractivity contribution >= 4 is 11.8 Å². The van der Waals surface area contributed by atoms with Crippen molar-refractivity contribution in [3.8, 4) is 0 Å². The van der Waals surface area contributed by atoms with Crippen LogP contribution in [0.5, 0.6) is 0 Å². The van der Waals surface area contributed by atoms with Gasteiger partial charge in [0.25, 0.3) is 0 Å². The van der Waals surface area contributed by atoms with Gasteiger partial charge >= 0.3 is 0 Å². The standard InChI is InChI=1S/C30H58N6O3/c1-23(37)33-11-13-34(14-12-33)30(8,9)19-25-21-32(10-15-36(25)29(5,6)7)16-17-39-26-18-24(27(31)38)20-35(22-26)28(2,3)4/h24-26H,10-22H2,1-9H3,(H2,31,38). The van der Waals surface area contributed by atoms with E-state index < -0.39 is 0 Å². The Balaban J connectivity index is 1.58. The molecule has 0 radical (unpaired) electrons. The minimum absolute atomic E-state index is 0.0161. The quantitative estimate of drug-likeness (QED) is 0.495. The second kappa shape index (κ2) is 12.7. The lowest BCUT2D eigenvalue weighted by Crippen LogP contribution is -2.63. The summed E-state index contributed by atoms with van der Waals surface area (Å²) in [7, 11) is 0. The second-order valence-electron chi connectivity index (χ2n) is 14.7. The molecule has 3 heterocycles. The Labute approximate surface area is 238 Å². The topological polar surface area (TPSA) is 85.6 Å². The van der Waals surface area contributed by atoms with Crippen molar-refractivity contribution in [1.82, 2.24) is 24.5 Å². The van der Waals surface area contributed by atoms with Crippen LogP contribution >= 0.6 is 0 Å². The van der Waals surface area contributed by atoms with E-state index in [0.29, 0.717) is 25.6 Å². The van der Waals surface area contributed by atoms with E-state index in [9.17, 15) is 9.59 Å². The predicted octanol–water partition coefficient (Wildman–Crippen LogP) is 2.09. The third-order valence-electron chi connectivity index (χ3n) is 9.27. The molecule has 3 fully saturated rings. The molecule has 3 atom stereocenters. The van der Waals surface area contributed by atoms with Gasteiger partial charge in [0.15, 0.2) is 0 Å². The highest BCUT2D eigenvalue weighted by molar-refractivity contribution is 5.77. The van der Waals surface area contributed by atoms with E-state index in [0.717, 1.165) is 65.3 Å². The first-order valence-electron chi connectivity index (χ1n) is 15.1. The van der Waals surface area contributed by atoms with Gasteiger partial charge in [-0.3, -0.25) is 29.2 Å². The fourth-order valence-corrected chi connectivity index (χ4v) is 6.79. The minimum atomic E-state index is -0.219. The Morgan fingerprint density at radius 1 is 0.821 bits per heavy atom. The first kappa shape index (κ1) is 32.3. The molecule has 226 valence electrons. The number of nitrogens with zero attached hydrogens (tertiary/aromatic N) is 5. The lowest BCUT2D eigenvalue weighted by Gasteiger charge is -2.52. The number of carbonyl (C=O) groups is 2. The third kappa shape index (κ3) is 8.86. The summed E-state index contributed by atoms with van der Waals surface area (Å²) in [4.78, 5) is 36.0. The summed E-state index contributed by atoms with van der Waals surface area (Å²) in [6.45, 7) is 29.7. The molecule has 0 aromatic rings. The highest BCUT2D eigenvalue weighted by Crippen LogP contribution is 2.31. The van der Waals surface area contributed by atoms with Crippen LogP contribution in [0.15, 0.2) is 0 Å². The van der Waals surface area contributed by atoms with Crippen LogP contribution in [0, 0.1) is 5.92 Å². The summed E-state index contributed by atoms with van der Waals surface area (Å²) in [5.41, 5.74) is 5.86. The lowest BCUT2D eigenvalue weighted by atomic mass is 9.88. The van der Waals surface area contributed by atoms with Gasteiger partial charge in [0.1, 0.15) is 0 Å². The van der Waals surface area contributed by atoms with Crippen molar-refractivity contribution in [3.63, 3.8) is 0 Å². The Morgan fingerprint density at radius 3 is 2.00 bits per heavy atom. The van der Waals surface area contributed by atoms with E-state index in [4.69, 9.17) is 10.5 Å². The van der Waals surface area contributed by atoms with E-state index in [1.54, 1.807) is 6.92 Å². The van der Waals surface area contributed by atoms with Gasteiger partial charge in [-0.05, 0) is 68.2 Å². The number of nitrogens with two attached hydrogens (primary N) is 1. The molecule has 39 heavy (non-hydrogen) atoms. The van der Waals surface area contributed by atoms with E-state index in [1.165, 1.54) is 0 Å². The number of hydrogen-bond acceptors (Lipinski definition) is 7. The molecule has 2 N–H and O–H groups in total. The number of likely N-dealkylation sites (tertiary alicyclic amines) is 1. The van der Waals surface area contributed by atoms with E-state index >= 15 is 0 Å². The fourth-order valence-electron chi connectivity index (χ4n) is 6.79. The summed E-state index contributed by atoms with van der Waals surface area (Å²) in [6.07, 6.45) is 1.84. The molecule has 9 heteroatoms. The minimum Gasteiger partial charge on any atom is -0.376 e. The normalized spacial score (nSPS) is 27.6. The molecule has 0 aromatic carbocycles. The second-order valence-corrected chi connectivity index (χ2v) is 14.7. The predicted molar refractivity (Wildman–Crippen MR) is 158 cm³/mol. The number of rotatable bonds is 8. The Hall–Kier alpha value is -1.26. The van der Waals surface area contributed by atoms with E-state index in [1.807, 2.05) is 4.90 Å². The molecular formula is C30H58N6O3. The van der Waals surface area contributed by atoms with Crippen molar-refractivity contribution in [3.05, 3.63) is 0 Å². The van der Waals surface area contributed by atoms with Crippen molar-refractivity contribution in [2.75, 3.05) is 72.1 Å². The number of piperidine rings is 1. The number of primary amides is 1. The van der Waals surface area contributed by atoms with Crippen LogP contribution in [0.3, 0.4) is 0 Å². The summed E-state index contributed by atoms with van der Waals surface area (Å²) in [6, 6.07) is 0.449. The van der Waals surface area contributed by atoms with Crippen LogP contribution in [-0.4, -0.2) is 137 Å². The van der Waals surface area contributed by atoms with Gasteiger partial charge in [-0.25, -0.2) is 0 Å². The molecule has 0 saturated carbocycles. The van der Waals surface area contributed by atoms with E-state index in [2.05, 4.69) is 75.0 Å². The lowest BCUT2D eigenvalue weighted by molar-refractivity contribution is -0.131. The summed E-state index contributed by atoms with van der Waals surface area (Å²) in [5.74, 6) is -0.188. The Kier molecular flexibility index (Phi) is 10.5. The van der Waals surface area contributed by atoms with Gasteiger partial charge in [0.05, 0.1) is 18.6 Å². The van der Waals surface area contributed by atoms with Crippen LogP contribution < -0.4 is 5.73 Å². The summed E-state index contributed by atoms with van der Waals surface area (Å²) >= 11 is 0. The highest BCUT2D eigenvalue weighted by atomic mass is 16.5. The molecule has 2 amide bonds. The van der Waals surface area contributed by atoms with Crippen LogP contribution in [0.1, 0.15) is 75.2 Å². The maximum Gasteiger partial charge on any atom is 0.221 e. The number of hydrogen-bond donors (Lipinski definition) is 1. The SMILES string of the molecule is CC(=O)N1CCN(C(C)(C)CC2CN(CCOC3CC(C(N)=O)CN(C(C)(C)C)C3)CCN2C(C)(C)C)CC1. The highest BCUT2D eigenvalue weighted by Gasteiger charge is 2.40. The molecular weight excluding hydrogens is 492 g/mol. The molecule has 3 aliphatic rings. The van der Waals surface area contributed by atoms with Gasteiger partial charge in [0.2, 0.25) is 11.8 Å². The number of amides is 2. The zero-order valence-corrected chi connectivity index (χ0v) is 26.5. The van der Waals surface area contributed by atoms with Crippen molar-refractivity contribution in [2.45, 2.75) is 104 Å². The third-order valence-corrected chi connectivity index (χ3v) is 9.27. The first-order valence-corrected chi connectivity index (χ1v) is 15.1. The monoisotopic (exact) mass is 550 g/mol. The Bertz CT molecular complexity index is 828. The molecule has 0 aromatic heterocycles. The maximum absolute atomic E-state index is 12.0. The van der Waals surface area contributed by atoms with E-state index in [-0.39, 0.29) is 40.5 Å². The molecule has 3 rings (SSSR count).